The van der Waals surface area contributed by atoms with Crippen LogP contribution in [0.15, 0.2) is 10.6 Å². The molecule has 1 saturated carbocycles. The third-order valence-corrected chi connectivity index (χ3v) is 2.78. The molecule has 0 unspecified atom stereocenters. The molecule has 1 heterocycles. The standard InChI is InChI=1S/C10H14N2O2/c11-10(13)9-6-8(14-12-9)5-7-3-1-2-4-7/h6-7H,1-5H2,(H2,11,13). The topological polar surface area (TPSA) is 69.1 Å². The van der Waals surface area contributed by atoms with Crippen LogP contribution in [0.3, 0.4) is 0 Å². The van der Waals surface area contributed by atoms with Gasteiger partial charge < -0.3 is 10.3 Å². The molecule has 1 fully saturated rings. The number of nitrogens with zero attached hydrogens (tertiary/aromatic N) is 1. The smallest absolute Gasteiger partial charge is 0.270 e. The number of amides is 1. The van der Waals surface area contributed by atoms with Crippen molar-refractivity contribution >= 4 is 5.91 Å². The van der Waals surface area contributed by atoms with Gasteiger partial charge in [-0.25, -0.2) is 0 Å². The van der Waals surface area contributed by atoms with Crippen molar-refractivity contribution in [3.05, 3.63) is 17.5 Å². The van der Waals surface area contributed by atoms with Crippen molar-refractivity contribution in [3.8, 4) is 0 Å². The van der Waals surface area contributed by atoms with Crippen molar-refractivity contribution in [1.29, 1.82) is 0 Å². The van der Waals surface area contributed by atoms with E-state index in [2.05, 4.69) is 5.16 Å². The molecule has 1 aromatic heterocycles. The summed E-state index contributed by atoms with van der Waals surface area (Å²) in [6, 6.07) is 1.65. The predicted molar refractivity (Wildman–Crippen MR) is 50.7 cm³/mol. The van der Waals surface area contributed by atoms with Gasteiger partial charge >= 0.3 is 0 Å². The number of nitrogens with two attached hydrogens (primary N) is 1. The Morgan fingerprint density at radius 2 is 2.29 bits per heavy atom. The fourth-order valence-corrected chi connectivity index (χ4v) is 2.02. The number of primary amides is 1. The molecule has 0 aromatic carbocycles. The molecule has 0 aliphatic heterocycles. The summed E-state index contributed by atoms with van der Waals surface area (Å²) in [4.78, 5) is 10.8. The summed E-state index contributed by atoms with van der Waals surface area (Å²) in [5.74, 6) is 0.959. The molecule has 76 valence electrons. The Morgan fingerprint density at radius 3 is 2.86 bits per heavy atom. The first-order valence-corrected chi connectivity index (χ1v) is 5.01. The van der Waals surface area contributed by atoms with Crippen molar-refractivity contribution in [2.75, 3.05) is 0 Å². The Kier molecular flexibility index (Phi) is 2.52. The third-order valence-electron chi connectivity index (χ3n) is 2.78. The molecule has 4 heteroatoms. The van der Waals surface area contributed by atoms with E-state index in [1.807, 2.05) is 0 Å². The van der Waals surface area contributed by atoms with Gasteiger partial charge in [0.1, 0.15) is 5.76 Å². The van der Waals surface area contributed by atoms with Gasteiger partial charge in [-0.15, -0.1) is 0 Å². The summed E-state index contributed by atoms with van der Waals surface area (Å²) >= 11 is 0. The number of hydrogen-bond acceptors (Lipinski definition) is 3. The van der Waals surface area contributed by atoms with Crippen LogP contribution >= 0.6 is 0 Å². The number of aromatic nitrogens is 1. The minimum absolute atomic E-state index is 0.234. The van der Waals surface area contributed by atoms with E-state index in [4.69, 9.17) is 10.3 Å². The minimum Gasteiger partial charge on any atom is -0.364 e. The van der Waals surface area contributed by atoms with Crippen molar-refractivity contribution < 1.29 is 9.32 Å². The van der Waals surface area contributed by atoms with Crippen LogP contribution in [-0.4, -0.2) is 11.1 Å². The lowest BCUT2D eigenvalue weighted by Crippen LogP contribution is -2.10. The van der Waals surface area contributed by atoms with Gasteiger partial charge in [0.05, 0.1) is 0 Å². The van der Waals surface area contributed by atoms with Gasteiger partial charge in [-0.05, 0) is 5.92 Å². The predicted octanol–water partition coefficient (Wildman–Crippen LogP) is 1.51. The quantitative estimate of drug-likeness (QED) is 0.792. The first kappa shape index (κ1) is 9.24. The zero-order valence-electron chi connectivity index (χ0n) is 8.03. The second-order valence-corrected chi connectivity index (χ2v) is 3.90. The lowest BCUT2D eigenvalue weighted by Gasteiger charge is -2.03. The Hall–Kier alpha value is -1.32. The Balaban J connectivity index is 1.98. The summed E-state index contributed by atoms with van der Waals surface area (Å²) < 4.78 is 5.04. The minimum atomic E-state index is -0.522. The number of rotatable bonds is 3. The maximum Gasteiger partial charge on any atom is 0.270 e. The van der Waals surface area contributed by atoms with Crippen LogP contribution in [0, 0.1) is 5.92 Å². The SMILES string of the molecule is NC(=O)c1cc(CC2CCCC2)on1. The normalized spacial score (nSPS) is 17.4. The van der Waals surface area contributed by atoms with Crippen LogP contribution < -0.4 is 5.73 Å². The molecule has 2 rings (SSSR count). The highest BCUT2D eigenvalue weighted by Crippen LogP contribution is 2.27. The Bertz CT molecular complexity index is 327. The van der Waals surface area contributed by atoms with Gasteiger partial charge in [-0.1, -0.05) is 30.8 Å². The molecular formula is C10H14N2O2. The summed E-state index contributed by atoms with van der Waals surface area (Å²) in [6.07, 6.45) is 6.02. The zero-order valence-corrected chi connectivity index (χ0v) is 8.03. The molecule has 0 saturated heterocycles. The van der Waals surface area contributed by atoms with Crippen molar-refractivity contribution in [1.82, 2.24) is 5.16 Å². The van der Waals surface area contributed by atoms with Gasteiger partial charge in [-0.2, -0.15) is 0 Å². The van der Waals surface area contributed by atoms with Gasteiger partial charge in [0.25, 0.3) is 5.91 Å². The fourth-order valence-electron chi connectivity index (χ4n) is 2.02. The van der Waals surface area contributed by atoms with E-state index in [1.54, 1.807) is 6.07 Å². The van der Waals surface area contributed by atoms with Crippen LogP contribution in [0.2, 0.25) is 0 Å². The summed E-state index contributed by atoms with van der Waals surface area (Å²) in [6.45, 7) is 0. The van der Waals surface area contributed by atoms with Crippen LogP contribution in [0.1, 0.15) is 41.9 Å². The molecule has 0 atom stereocenters. The molecule has 1 aliphatic rings. The number of carbonyl (C=O) groups is 1. The highest BCUT2D eigenvalue weighted by molar-refractivity contribution is 5.90. The molecule has 2 N–H and O–H groups in total. The van der Waals surface area contributed by atoms with Crippen LogP contribution in [0.4, 0.5) is 0 Å². The van der Waals surface area contributed by atoms with Gasteiger partial charge in [0.2, 0.25) is 0 Å². The molecule has 0 radical (unpaired) electrons. The first-order chi connectivity index (χ1) is 6.75. The zero-order chi connectivity index (χ0) is 9.97. The first-order valence-electron chi connectivity index (χ1n) is 5.01. The average Bonchev–Trinajstić information content (AvgIpc) is 2.75. The fraction of sp³-hybridized carbons (Fsp3) is 0.600. The Morgan fingerprint density at radius 1 is 1.57 bits per heavy atom. The summed E-state index contributed by atoms with van der Waals surface area (Å²) in [5, 5.41) is 3.61. The van der Waals surface area contributed by atoms with E-state index in [-0.39, 0.29) is 5.69 Å². The molecule has 1 aliphatic carbocycles. The monoisotopic (exact) mass is 194 g/mol. The van der Waals surface area contributed by atoms with Crippen LogP contribution in [0.25, 0.3) is 0 Å². The molecule has 4 nitrogen and oxygen atoms in total. The summed E-state index contributed by atoms with van der Waals surface area (Å²) in [5.41, 5.74) is 5.31. The van der Waals surface area contributed by atoms with Crippen molar-refractivity contribution in [2.24, 2.45) is 11.7 Å². The number of carbonyl (C=O) groups excluding carboxylic acids is 1. The number of hydrogen-bond donors (Lipinski definition) is 1. The highest BCUT2D eigenvalue weighted by Gasteiger charge is 2.18. The van der Waals surface area contributed by atoms with Gasteiger partial charge in [0, 0.05) is 12.5 Å². The van der Waals surface area contributed by atoms with E-state index >= 15 is 0 Å². The van der Waals surface area contributed by atoms with E-state index < -0.39 is 5.91 Å². The second-order valence-electron chi connectivity index (χ2n) is 3.90. The highest BCUT2D eigenvalue weighted by atomic mass is 16.5. The van der Waals surface area contributed by atoms with Gasteiger partial charge in [-0.3, -0.25) is 4.79 Å². The molecule has 14 heavy (non-hydrogen) atoms. The van der Waals surface area contributed by atoms with Crippen LogP contribution in [0.5, 0.6) is 0 Å². The maximum absolute atomic E-state index is 10.8. The molecule has 1 amide bonds. The van der Waals surface area contributed by atoms with Crippen molar-refractivity contribution in [2.45, 2.75) is 32.1 Å². The van der Waals surface area contributed by atoms with Crippen LogP contribution in [-0.2, 0) is 6.42 Å². The lowest BCUT2D eigenvalue weighted by atomic mass is 10.0. The van der Waals surface area contributed by atoms with Gasteiger partial charge in [0.15, 0.2) is 5.69 Å². The molecule has 1 aromatic rings. The lowest BCUT2D eigenvalue weighted by molar-refractivity contribution is 0.0991. The van der Waals surface area contributed by atoms with E-state index in [1.165, 1.54) is 25.7 Å². The maximum atomic E-state index is 10.8. The van der Waals surface area contributed by atoms with Crippen molar-refractivity contribution in [3.63, 3.8) is 0 Å². The third kappa shape index (κ3) is 1.95. The summed E-state index contributed by atoms with van der Waals surface area (Å²) in [7, 11) is 0. The molecular weight excluding hydrogens is 180 g/mol. The van der Waals surface area contributed by atoms with E-state index in [9.17, 15) is 4.79 Å². The van der Waals surface area contributed by atoms with E-state index in [0.717, 1.165) is 12.2 Å². The molecule has 0 bridgehead atoms. The largest absolute Gasteiger partial charge is 0.364 e. The average molecular weight is 194 g/mol. The second kappa shape index (κ2) is 3.82. The Labute approximate surface area is 82.4 Å². The molecule has 0 spiro atoms. The van der Waals surface area contributed by atoms with E-state index in [0.29, 0.717) is 5.92 Å².